The number of aromatic amines is 1. The van der Waals surface area contributed by atoms with Gasteiger partial charge in [0.1, 0.15) is 5.56 Å². The van der Waals surface area contributed by atoms with Crippen LogP contribution in [0.3, 0.4) is 0 Å². The normalized spacial score (nSPS) is 10.3. The van der Waals surface area contributed by atoms with Crippen molar-refractivity contribution in [3.63, 3.8) is 0 Å². The molecule has 104 valence electrons. The van der Waals surface area contributed by atoms with Gasteiger partial charge in [0.25, 0.3) is 5.91 Å². The fourth-order valence-electron chi connectivity index (χ4n) is 1.77. The number of aryl methyl sites for hydroxylation is 1. The van der Waals surface area contributed by atoms with Crippen LogP contribution in [0.25, 0.3) is 0 Å². The highest BCUT2D eigenvalue weighted by Crippen LogP contribution is 2.06. The molecule has 0 fully saturated rings. The highest BCUT2D eigenvalue weighted by Gasteiger charge is 2.09. The molecule has 2 aromatic rings. The van der Waals surface area contributed by atoms with Crippen LogP contribution in [0, 0.1) is 6.92 Å². The topological polar surface area (TPSA) is 62.0 Å². The third-order valence-corrected chi connectivity index (χ3v) is 3.24. The van der Waals surface area contributed by atoms with Gasteiger partial charge in [-0.15, -0.1) is 11.6 Å². The second-order valence-corrected chi connectivity index (χ2v) is 4.79. The van der Waals surface area contributed by atoms with Gasteiger partial charge in [0.2, 0.25) is 0 Å². The van der Waals surface area contributed by atoms with Crippen LogP contribution in [0.2, 0.25) is 0 Å². The Morgan fingerprint density at radius 3 is 2.50 bits per heavy atom. The molecule has 5 heteroatoms. The first-order valence-corrected chi connectivity index (χ1v) is 6.75. The van der Waals surface area contributed by atoms with Crippen molar-refractivity contribution in [2.24, 2.45) is 0 Å². The number of halogens is 1. The average Bonchev–Trinajstić information content (AvgIpc) is 2.45. The minimum Gasteiger partial charge on any atom is -0.364 e. The number of alkyl halides is 1. The molecule has 0 saturated carbocycles. The summed E-state index contributed by atoms with van der Waals surface area (Å²) < 4.78 is 0. The number of hydrogen-bond donors (Lipinski definition) is 2. The Balaban J connectivity index is 2.02. The smallest absolute Gasteiger partial charge is 0.257 e. The molecule has 1 heterocycles. The summed E-state index contributed by atoms with van der Waals surface area (Å²) in [5, 5.41) is 2.72. The van der Waals surface area contributed by atoms with Crippen LogP contribution in [-0.4, -0.2) is 10.9 Å². The molecule has 1 aromatic heterocycles. The third-order valence-electron chi connectivity index (χ3n) is 2.93. The fourth-order valence-corrected chi connectivity index (χ4v) is 1.95. The summed E-state index contributed by atoms with van der Waals surface area (Å²) in [4.78, 5) is 26.5. The summed E-state index contributed by atoms with van der Waals surface area (Å²) in [5.74, 6) is 0.0819. The zero-order valence-corrected chi connectivity index (χ0v) is 11.8. The van der Waals surface area contributed by atoms with Gasteiger partial charge >= 0.3 is 0 Å². The maximum absolute atomic E-state index is 11.9. The van der Waals surface area contributed by atoms with Crippen LogP contribution in [0.1, 0.15) is 27.2 Å². The predicted octanol–water partition coefficient (Wildman–Crippen LogP) is 2.35. The van der Waals surface area contributed by atoms with E-state index in [4.69, 9.17) is 11.6 Å². The third kappa shape index (κ3) is 3.48. The van der Waals surface area contributed by atoms with E-state index in [1.165, 1.54) is 12.3 Å². The number of aromatic nitrogens is 1. The molecule has 0 bridgehead atoms. The molecule has 1 aromatic carbocycles. The van der Waals surface area contributed by atoms with E-state index in [-0.39, 0.29) is 16.9 Å². The lowest BCUT2D eigenvalue weighted by Gasteiger charge is -2.06. The van der Waals surface area contributed by atoms with E-state index in [2.05, 4.69) is 10.3 Å². The van der Waals surface area contributed by atoms with Crippen LogP contribution in [0.15, 0.2) is 41.3 Å². The molecule has 0 radical (unpaired) electrons. The Bertz CT molecular complexity index is 662. The first kappa shape index (κ1) is 14.3. The van der Waals surface area contributed by atoms with Crippen LogP contribution in [-0.2, 0) is 12.4 Å². The number of benzene rings is 1. The lowest BCUT2D eigenvalue weighted by atomic mass is 10.1. The van der Waals surface area contributed by atoms with Crippen molar-refractivity contribution in [1.29, 1.82) is 0 Å². The number of H-pyrrole nitrogens is 1. The first-order valence-electron chi connectivity index (χ1n) is 6.21. The van der Waals surface area contributed by atoms with Crippen molar-refractivity contribution in [2.45, 2.75) is 19.3 Å². The maximum atomic E-state index is 11.9. The van der Waals surface area contributed by atoms with E-state index >= 15 is 0 Å². The molecule has 4 nitrogen and oxygen atoms in total. The quantitative estimate of drug-likeness (QED) is 0.849. The second kappa shape index (κ2) is 6.39. The molecule has 0 spiro atoms. The zero-order valence-electron chi connectivity index (χ0n) is 11.1. The highest BCUT2D eigenvalue weighted by atomic mass is 35.5. The van der Waals surface area contributed by atoms with E-state index in [1.54, 1.807) is 6.92 Å². The summed E-state index contributed by atoms with van der Waals surface area (Å²) >= 11 is 5.71. The lowest BCUT2D eigenvalue weighted by molar-refractivity contribution is 0.0949. The van der Waals surface area contributed by atoms with Gasteiger partial charge in [-0.2, -0.15) is 0 Å². The van der Waals surface area contributed by atoms with Crippen molar-refractivity contribution in [1.82, 2.24) is 10.3 Å². The SMILES string of the molecule is Cc1cc(=O)c(C(=O)NCc2ccc(CCl)cc2)c[nH]1. The van der Waals surface area contributed by atoms with Crippen molar-refractivity contribution in [3.05, 3.63) is 69.1 Å². The molecule has 0 saturated heterocycles. The van der Waals surface area contributed by atoms with Crippen LogP contribution < -0.4 is 10.7 Å². The Labute approximate surface area is 121 Å². The number of carbonyl (C=O) groups is 1. The van der Waals surface area contributed by atoms with Gasteiger partial charge < -0.3 is 10.3 Å². The van der Waals surface area contributed by atoms with Gasteiger partial charge in [-0.3, -0.25) is 9.59 Å². The predicted molar refractivity (Wildman–Crippen MR) is 79.0 cm³/mol. The molecule has 0 unspecified atom stereocenters. The standard InChI is InChI=1S/C15H15ClN2O2/c1-10-6-14(19)13(9-17-10)15(20)18-8-12-4-2-11(7-16)3-5-12/h2-6,9H,7-8H2,1H3,(H,17,19)(H,18,20). The maximum Gasteiger partial charge on any atom is 0.257 e. The molecule has 0 aliphatic rings. The summed E-state index contributed by atoms with van der Waals surface area (Å²) in [5.41, 5.74) is 2.54. The summed E-state index contributed by atoms with van der Waals surface area (Å²) in [7, 11) is 0. The number of pyridine rings is 1. The number of hydrogen-bond acceptors (Lipinski definition) is 2. The number of amides is 1. The van der Waals surface area contributed by atoms with E-state index < -0.39 is 0 Å². The van der Waals surface area contributed by atoms with Crippen LogP contribution >= 0.6 is 11.6 Å². The van der Waals surface area contributed by atoms with Gasteiger partial charge in [0, 0.05) is 30.4 Å². The van der Waals surface area contributed by atoms with Gasteiger partial charge in [-0.05, 0) is 18.1 Å². The minimum atomic E-state index is -0.382. The largest absolute Gasteiger partial charge is 0.364 e. The Morgan fingerprint density at radius 1 is 1.25 bits per heavy atom. The van der Waals surface area contributed by atoms with E-state index in [0.717, 1.165) is 16.8 Å². The van der Waals surface area contributed by atoms with Crippen molar-refractivity contribution in [3.8, 4) is 0 Å². The molecule has 2 N–H and O–H groups in total. The number of nitrogens with one attached hydrogen (secondary N) is 2. The van der Waals surface area contributed by atoms with Crippen LogP contribution in [0.4, 0.5) is 0 Å². The molecular weight excluding hydrogens is 276 g/mol. The van der Waals surface area contributed by atoms with E-state index in [9.17, 15) is 9.59 Å². The van der Waals surface area contributed by atoms with Gasteiger partial charge in [-0.1, -0.05) is 24.3 Å². The minimum absolute atomic E-state index is 0.118. The van der Waals surface area contributed by atoms with Gasteiger partial charge in [-0.25, -0.2) is 0 Å². The van der Waals surface area contributed by atoms with E-state index in [0.29, 0.717) is 12.4 Å². The Hall–Kier alpha value is -2.07. The lowest BCUT2D eigenvalue weighted by Crippen LogP contribution is -2.28. The van der Waals surface area contributed by atoms with Gasteiger partial charge in [0.05, 0.1) is 0 Å². The zero-order chi connectivity index (χ0) is 14.5. The first-order chi connectivity index (χ1) is 9.60. The second-order valence-electron chi connectivity index (χ2n) is 4.53. The summed E-state index contributed by atoms with van der Waals surface area (Å²) in [6, 6.07) is 9.03. The molecule has 0 aliphatic heterocycles. The van der Waals surface area contributed by atoms with E-state index in [1.807, 2.05) is 24.3 Å². The Kier molecular flexibility index (Phi) is 4.58. The Morgan fingerprint density at radius 2 is 1.90 bits per heavy atom. The van der Waals surface area contributed by atoms with Crippen molar-refractivity contribution in [2.75, 3.05) is 0 Å². The molecule has 2 rings (SSSR count). The highest BCUT2D eigenvalue weighted by molar-refractivity contribution is 6.17. The monoisotopic (exact) mass is 290 g/mol. The molecule has 20 heavy (non-hydrogen) atoms. The molecule has 1 amide bonds. The fraction of sp³-hybridized carbons (Fsp3) is 0.200. The summed E-state index contributed by atoms with van der Waals surface area (Å²) in [6.07, 6.45) is 1.43. The number of rotatable bonds is 4. The molecule has 0 atom stereocenters. The van der Waals surface area contributed by atoms with Crippen molar-refractivity contribution < 1.29 is 4.79 Å². The van der Waals surface area contributed by atoms with Crippen LogP contribution in [0.5, 0.6) is 0 Å². The summed E-state index contributed by atoms with van der Waals surface area (Å²) in [6.45, 7) is 2.14. The molecule has 0 aliphatic carbocycles. The number of carbonyl (C=O) groups excluding carboxylic acids is 1. The van der Waals surface area contributed by atoms with Gasteiger partial charge in [0.15, 0.2) is 5.43 Å². The van der Waals surface area contributed by atoms with Crippen molar-refractivity contribution >= 4 is 17.5 Å². The average molecular weight is 291 g/mol. The molecular formula is C15H15ClN2O2.